The molecule has 0 aliphatic rings. The van der Waals surface area contributed by atoms with Crippen molar-refractivity contribution in [3.63, 3.8) is 0 Å². The van der Waals surface area contributed by atoms with Crippen molar-refractivity contribution in [3.05, 3.63) is 47.4 Å². The maximum atomic E-state index is 11.6. The van der Waals surface area contributed by atoms with Crippen molar-refractivity contribution in [1.29, 1.82) is 0 Å². The monoisotopic (exact) mass is 239 g/mol. The molecule has 0 amide bonds. The van der Waals surface area contributed by atoms with Gasteiger partial charge in [-0.05, 0) is 30.2 Å². The van der Waals surface area contributed by atoms with Crippen LogP contribution in [0.4, 0.5) is 0 Å². The summed E-state index contributed by atoms with van der Waals surface area (Å²) in [5.74, 6) is 0. The van der Waals surface area contributed by atoms with Gasteiger partial charge in [-0.25, -0.2) is 8.42 Å². The number of hydrogen-bond acceptors (Lipinski definition) is 3. The first-order chi connectivity index (χ1) is 7.34. The molecule has 0 fully saturated rings. The normalized spacial score (nSPS) is 14.2. The molecule has 0 N–H and O–H groups in total. The van der Waals surface area contributed by atoms with Crippen molar-refractivity contribution >= 4 is 16.1 Å². The van der Waals surface area contributed by atoms with Crippen molar-refractivity contribution < 1.29 is 8.42 Å². The maximum absolute atomic E-state index is 11.6. The van der Waals surface area contributed by atoms with E-state index >= 15 is 0 Å². The van der Waals surface area contributed by atoms with Crippen LogP contribution in [0.2, 0.25) is 0 Å². The SMILES string of the molecule is C=C/C=C(\C(=C\C=NC)C(=C)C)S(C)(=O)=O. The fourth-order valence-electron chi connectivity index (χ4n) is 1.10. The summed E-state index contributed by atoms with van der Waals surface area (Å²) in [6.45, 7) is 9.01. The molecule has 0 aromatic heterocycles. The van der Waals surface area contributed by atoms with Crippen LogP contribution >= 0.6 is 0 Å². The summed E-state index contributed by atoms with van der Waals surface area (Å²) in [5.41, 5.74) is 1.21. The second-order valence-corrected chi connectivity index (χ2v) is 5.29. The van der Waals surface area contributed by atoms with E-state index in [1.807, 2.05) is 0 Å². The Balaban J connectivity index is 5.76. The molecule has 3 nitrogen and oxygen atoms in total. The first-order valence-electron chi connectivity index (χ1n) is 4.66. The van der Waals surface area contributed by atoms with Gasteiger partial charge in [-0.3, -0.25) is 4.99 Å². The van der Waals surface area contributed by atoms with Gasteiger partial charge >= 0.3 is 0 Å². The van der Waals surface area contributed by atoms with Crippen molar-refractivity contribution in [2.75, 3.05) is 13.3 Å². The predicted octanol–water partition coefficient (Wildman–Crippen LogP) is 2.30. The average molecular weight is 239 g/mol. The van der Waals surface area contributed by atoms with Crippen LogP contribution < -0.4 is 0 Å². The van der Waals surface area contributed by atoms with E-state index in [0.717, 1.165) is 6.26 Å². The second kappa shape index (κ2) is 6.23. The number of hydrogen-bond donors (Lipinski definition) is 0. The lowest BCUT2D eigenvalue weighted by Gasteiger charge is -2.09. The van der Waals surface area contributed by atoms with Crippen LogP contribution in [0.5, 0.6) is 0 Å². The molecule has 0 aromatic carbocycles. The van der Waals surface area contributed by atoms with E-state index in [-0.39, 0.29) is 4.91 Å². The van der Waals surface area contributed by atoms with Gasteiger partial charge < -0.3 is 0 Å². The van der Waals surface area contributed by atoms with Gasteiger partial charge in [0.15, 0.2) is 9.84 Å². The third kappa shape index (κ3) is 4.40. The van der Waals surface area contributed by atoms with Crippen LogP contribution in [0.1, 0.15) is 6.92 Å². The highest BCUT2D eigenvalue weighted by Gasteiger charge is 2.15. The van der Waals surface area contributed by atoms with E-state index in [1.54, 1.807) is 20.0 Å². The molecule has 0 saturated carbocycles. The molecule has 4 heteroatoms. The molecule has 0 rings (SSSR count). The highest BCUT2D eigenvalue weighted by Crippen LogP contribution is 2.22. The zero-order chi connectivity index (χ0) is 12.8. The minimum absolute atomic E-state index is 0.204. The number of nitrogens with zero attached hydrogens (tertiary/aromatic N) is 1. The Morgan fingerprint density at radius 3 is 2.19 bits per heavy atom. The molecule has 0 bridgehead atoms. The Kier molecular flexibility index (Phi) is 5.67. The van der Waals surface area contributed by atoms with Crippen LogP contribution in [0, 0.1) is 0 Å². The molecule has 0 radical (unpaired) electrons. The molecule has 0 spiro atoms. The maximum Gasteiger partial charge on any atom is 0.176 e. The molecule has 0 unspecified atom stereocenters. The van der Waals surface area contributed by atoms with E-state index in [9.17, 15) is 8.42 Å². The number of aliphatic imine (C=N–C) groups is 1. The molecule has 16 heavy (non-hydrogen) atoms. The van der Waals surface area contributed by atoms with Crippen LogP contribution in [-0.4, -0.2) is 27.9 Å². The van der Waals surface area contributed by atoms with Gasteiger partial charge in [-0.15, -0.1) is 0 Å². The lowest BCUT2D eigenvalue weighted by atomic mass is 10.1. The van der Waals surface area contributed by atoms with Crippen molar-refractivity contribution in [1.82, 2.24) is 0 Å². The van der Waals surface area contributed by atoms with Gasteiger partial charge in [0, 0.05) is 19.5 Å². The third-order valence-corrected chi connectivity index (χ3v) is 2.94. The largest absolute Gasteiger partial charge is 0.296 e. The van der Waals surface area contributed by atoms with Gasteiger partial charge in [0.25, 0.3) is 0 Å². The summed E-state index contributed by atoms with van der Waals surface area (Å²) in [6, 6.07) is 0. The highest BCUT2D eigenvalue weighted by atomic mass is 32.2. The molecule has 0 aromatic rings. The molecular weight excluding hydrogens is 222 g/mol. The zero-order valence-electron chi connectivity index (χ0n) is 9.90. The molecule has 0 aliphatic heterocycles. The Morgan fingerprint density at radius 2 is 1.88 bits per heavy atom. The van der Waals surface area contributed by atoms with E-state index in [4.69, 9.17) is 0 Å². The summed E-state index contributed by atoms with van der Waals surface area (Å²) in [5, 5.41) is 0. The van der Waals surface area contributed by atoms with Crippen molar-refractivity contribution in [3.8, 4) is 0 Å². The molecule has 0 saturated heterocycles. The van der Waals surface area contributed by atoms with E-state index in [1.165, 1.54) is 18.4 Å². The number of rotatable bonds is 5. The lowest BCUT2D eigenvalue weighted by Crippen LogP contribution is -2.05. The standard InChI is InChI=1S/C12H17NO2S/c1-6-7-12(16(5,14)15)11(10(2)3)8-9-13-4/h6-9H,1-2H2,3-5H3/b11-8+,12-7+,13-9?. The molecule has 0 atom stereocenters. The van der Waals surface area contributed by atoms with Gasteiger partial charge in [-0.2, -0.15) is 0 Å². The van der Waals surface area contributed by atoms with E-state index in [0.29, 0.717) is 11.1 Å². The third-order valence-electron chi connectivity index (χ3n) is 1.78. The fourth-order valence-corrected chi connectivity index (χ4v) is 2.09. The zero-order valence-corrected chi connectivity index (χ0v) is 10.7. The lowest BCUT2D eigenvalue weighted by molar-refractivity contribution is 0.608. The first kappa shape index (κ1) is 14.6. The minimum Gasteiger partial charge on any atom is -0.296 e. The number of allylic oxidation sites excluding steroid dienone is 5. The Bertz CT molecular complexity index is 465. The van der Waals surface area contributed by atoms with E-state index in [2.05, 4.69) is 18.2 Å². The van der Waals surface area contributed by atoms with Gasteiger partial charge in [-0.1, -0.05) is 19.2 Å². The summed E-state index contributed by atoms with van der Waals surface area (Å²) in [6.07, 6.45) is 7.21. The van der Waals surface area contributed by atoms with Crippen LogP contribution in [0.15, 0.2) is 52.4 Å². The quantitative estimate of drug-likeness (QED) is 0.546. The number of sulfone groups is 1. The summed E-state index contributed by atoms with van der Waals surface area (Å²) >= 11 is 0. The van der Waals surface area contributed by atoms with Crippen molar-refractivity contribution in [2.24, 2.45) is 4.99 Å². The second-order valence-electron chi connectivity index (χ2n) is 3.31. The molecule has 0 heterocycles. The molecule has 88 valence electrons. The average Bonchev–Trinajstić information content (AvgIpc) is 2.14. The van der Waals surface area contributed by atoms with Crippen LogP contribution in [0.3, 0.4) is 0 Å². The summed E-state index contributed by atoms with van der Waals surface area (Å²) in [4.78, 5) is 4.00. The van der Waals surface area contributed by atoms with Crippen molar-refractivity contribution in [2.45, 2.75) is 6.92 Å². The Hall–Kier alpha value is -1.42. The van der Waals surface area contributed by atoms with E-state index < -0.39 is 9.84 Å². The highest BCUT2D eigenvalue weighted by molar-refractivity contribution is 7.94. The molecular formula is C12H17NO2S. The minimum atomic E-state index is -3.30. The molecule has 0 aliphatic carbocycles. The summed E-state index contributed by atoms with van der Waals surface area (Å²) in [7, 11) is -1.69. The first-order valence-corrected chi connectivity index (χ1v) is 6.55. The van der Waals surface area contributed by atoms with Gasteiger partial charge in [0.2, 0.25) is 0 Å². The topological polar surface area (TPSA) is 46.5 Å². The van der Waals surface area contributed by atoms with Gasteiger partial charge in [0.05, 0.1) is 4.91 Å². The predicted molar refractivity (Wildman–Crippen MR) is 70.4 cm³/mol. The van der Waals surface area contributed by atoms with Crippen LogP contribution in [0.25, 0.3) is 0 Å². The Morgan fingerprint density at radius 1 is 1.31 bits per heavy atom. The van der Waals surface area contributed by atoms with Gasteiger partial charge in [0.1, 0.15) is 0 Å². The summed E-state index contributed by atoms with van der Waals surface area (Å²) < 4.78 is 23.2. The van der Waals surface area contributed by atoms with Crippen LogP contribution in [-0.2, 0) is 9.84 Å². The smallest absolute Gasteiger partial charge is 0.176 e. The Labute approximate surface area is 97.5 Å². The fraction of sp³-hybridized carbons (Fsp3) is 0.250.